The topological polar surface area (TPSA) is 71.3 Å². The minimum absolute atomic E-state index is 0.0324. The summed E-state index contributed by atoms with van der Waals surface area (Å²) in [5.41, 5.74) is 1.86. The number of nitrogens with zero attached hydrogens (tertiary/aromatic N) is 3. The second-order valence-corrected chi connectivity index (χ2v) is 8.87. The minimum Gasteiger partial charge on any atom is -0.356 e. The number of aromatic nitrogens is 2. The van der Waals surface area contributed by atoms with Crippen LogP contribution >= 0.6 is 23.2 Å². The molecule has 32 heavy (non-hydrogen) atoms. The molecule has 168 valence electrons. The largest absolute Gasteiger partial charge is 0.356 e. The average molecular weight is 473 g/mol. The number of rotatable bonds is 8. The van der Waals surface area contributed by atoms with Gasteiger partial charge in [-0.3, -0.25) is 9.69 Å². The van der Waals surface area contributed by atoms with E-state index in [9.17, 15) is 4.79 Å². The van der Waals surface area contributed by atoms with Crippen LogP contribution in [0.15, 0.2) is 53.1 Å². The Balaban J connectivity index is 1.25. The van der Waals surface area contributed by atoms with Gasteiger partial charge in [-0.05, 0) is 56.0 Å². The van der Waals surface area contributed by atoms with E-state index < -0.39 is 0 Å². The Hall–Kier alpha value is -2.41. The maximum atomic E-state index is 12.7. The summed E-state index contributed by atoms with van der Waals surface area (Å²) in [6, 6.07) is 15.2. The van der Waals surface area contributed by atoms with E-state index in [1.54, 1.807) is 6.07 Å². The lowest BCUT2D eigenvalue weighted by atomic mass is 9.97. The predicted molar refractivity (Wildman–Crippen MR) is 126 cm³/mol. The molecule has 1 amide bonds. The van der Waals surface area contributed by atoms with Crippen LogP contribution in [0, 0.1) is 5.92 Å². The highest BCUT2D eigenvalue weighted by molar-refractivity contribution is 6.33. The van der Waals surface area contributed by atoms with Gasteiger partial charge in [0.25, 0.3) is 0 Å². The summed E-state index contributed by atoms with van der Waals surface area (Å²) in [7, 11) is 0. The molecular weight excluding hydrogens is 447 g/mol. The van der Waals surface area contributed by atoms with Crippen LogP contribution in [0.1, 0.15) is 30.7 Å². The lowest BCUT2D eigenvalue weighted by Crippen LogP contribution is -2.43. The van der Waals surface area contributed by atoms with Crippen molar-refractivity contribution in [2.75, 3.05) is 19.6 Å². The van der Waals surface area contributed by atoms with Gasteiger partial charge in [-0.2, -0.15) is 4.98 Å². The molecule has 4 rings (SSSR count). The molecule has 8 heteroatoms. The molecule has 0 spiro atoms. The molecule has 1 saturated heterocycles. The van der Waals surface area contributed by atoms with Crippen LogP contribution in [-0.2, 0) is 17.8 Å². The first-order valence-electron chi connectivity index (χ1n) is 10.9. The summed E-state index contributed by atoms with van der Waals surface area (Å²) in [6.45, 7) is 2.75. The Morgan fingerprint density at radius 3 is 2.72 bits per heavy atom. The lowest BCUT2D eigenvalue weighted by molar-refractivity contribution is -0.126. The Bertz CT molecular complexity index is 1060. The summed E-state index contributed by atoms with van der Waals surface area (Å²) < 4.78 is 5.43. The zero-order valence-electron chi connectivity index (χ0n) is 17.8. The summed E-state index contributed by atoms with van der Waals surface area (Å²) in [5.74, 6) is 1.09. The second-order valence-electron chi connectivity index (χ2n) is 8.05. The third-order valence-corrected chi connectivity index (χ3v) is 6.40. The van der Waals surface area contributed by atoms with Gasteiger partial charge in [-0.25, -0.2) is 0 Å². The molecule has 0 saturated carbocycles. The quantitative estimate of drug-likeness (QED) is 0.466. The number of piperidine rings is 1. The highest BCUT2D eigenvalue weighted by Crippen LogP contribution is 2.26. The number of hydrogen-bond donors (Lipinski definition) is 1. The fourth-order valence-corrected chi connectivity index (χ4v) is 4.46. The van der Waals surface area contributed by atoms with Gasteiger partial charge in [0.2, 0.25) is 17.6 Å². The Morgan fingerprint density at radius 1 is 1.12 bits per heavy atom. The molecule has 1 aliphatic rings. The van der Waals surface area contributed by atoms with E-state index in [2.05, 4.69) is 20.4 Å². The van der Waals surface area contributed by atoms with Crippen molar-refractivity contribution >= 4 is 29.1 Å². The van der Waals surface area contributed by atoms with E-state index >= 15 is 0 Å². The van der Waals surface area contributed by atoms with Crippen molar-refractivity contribution in [3.63, 3.8) is 0 Å². The van der Waals surface area contributed by atoms with Crippen molar-refractivity contribution in [1.82, 2.24) is 20.4 Å². The van der Waals surface area contributed by atoms with Gasteiger partial charge >= 0.3 is 0 Å². The molecule has 1 aromatic heterocycles. The van der Waals surface area contributed by atoms with Crippen molar-refractivity contribution in [3.8, 4) is 11.4 Å². The normalized spacial score (nSPS) is 16.8. The van der Waals surface area contributed by atoms with Gasteiger partial charge in [0.05, 0.1) is 17.5 Å². The van der Waals surface area contributed by atoms with Crippen LogP contribution in [0.25, 0.3) is 11.4 Å². The van der Waals surface area contributed by atoms with Crippen molar-refractivity contribution in [2.45, 2.75) is 32.2 Å². The molecule has 0 bridgehead atoms. The summed E-state index contributed by atoms with van der Waals surface area (Å²) in [5, 5.41) is 8.51. The lowest BCUT2D eigenvalue weighted by Gasteiger charge is -2.30. The SMILES string of the molecule is O=C(NCCCc1ccccc1Cl)C1CCCN(Cc2nc(-c3ccccc3Cl)no2)C1. The number of carbonyl (C=O) groups excluding carboxylic acids is 1. The van der Waals surface area contributed by atoms with Gasteiger partial charge in [0, 0.05) is 23.7 Å². The monoisotopic (exact) mass is 472 g/mol. The van der Waals surface area contributed by atoms with E-state index in [4.69, 9.17) is 27.7 Å². The maximum Gasteiger partial charge on any atom is 0.241 e. The summed E-state index contributed by atoms with van der Waals surface area (Å²) in [4.78, 5) is 19.4. The number of aryl methyl sites for hydroxylation is 1. The number of carbonyl (C=O) groups is 1. The molecule has 1 unspecified atom stereocenters. The van der Waals surface area contributed by atoms with Crippen LogP contribution in [-0.4, -0.2) is 40.6 Å². The fourth-order valence-electron chi connectivity index (χ4n) is 4.01. The summed E-state index contributed by atoms with van der Waals surface area (Å²) >= 11 is 12.4. The van der Waals surface area contributed by atoms with Gasteiger partial charge in [-0.15, -0.1) is 0 Å². The molecule has 0 aliphatic carbocycles. The highest BCUT2D eigenvalue weighted by Gasteiger charge is 2.26. The first-order chi connectivity index (χ1) is 15.6. The molecule has 6 nitrogen and oxygen atoms in total. The molecule has 2 aromatic carbocycles. The first-order valence-corrected chi connectivity index (χ1v) is 11.7. The van der Waals surface area contributed by atoms with Crippen LogP contribution in [0.5, 0.6) is 0 Å². The Morgan fingerprint density at radius 2 is 1.91 bits per heavy atom. The van der Waals surface area contributed by atoms with E-state index in [1.807, 2.05) is 42.5 Å². The number of nitrogens with one attached hydrogen (secondary N) is 1. The van der Waals surface area contributed by atoms with Crippen molar-refractivity contribution in [3.05, 3.63) is 70.0 Å². The maximum absolute atomic E-state index is 12.7. The predicted octanol–water partition coefficient (Wildman–Crippen LogP) is 5.00. The first kappa shape index (κ1) is 22.8. The average Bonchev–Trinajstić information content (AvgIpc) is 3.26. The van der Waals surface area contributed by atoms with Gasteiger partial charge in [-0.1, -0.05) is 58.7 Å². The van der Waals surface area contributed by atoms with Gasteiger partial charge in [0.1, 0.15) is 0 Å². The summed E-state index contributed by atoms with van der Waals surface area (Å²) in [6.07, 6.45) is 3.56. The Kier molecular flexibility index (Phi) is 7.79. The van der Waals surface area contributed by atoms with Crippen molar-refractivity contribution in [1.29, 1.82) is 0 Å². The number of amides is 1. The minimum atomic E-state index is -0.0324. The molecule has 1 fully saturated rings. The van der Waals surface area contributed by atoms with E-state index in [0.29, 0.717) is 36.4 Å². The molecule has 1 N–H and O–H groups in total. The van der Waals surface area contributed by atoms with Crippen molar-refractivity contribution < 1.29 is 9.32 Å². The zero-order chi connectivity index (χ0) is 22.3. The van der Waals surface area contributed by atoms with E-state index in [0.717, 1.165) is 48.4 Å². The standard InChI is InChI=1S/C24H26Cl2N4O2/c25-20-11-3-1-7-17(20)8-5-13-27-24(31)18-9-6-14-30(15-18)16-22-28-23(29-32-22)19-10-2-4-12-21(19)26/h1-4,7,10-12,18H,5-6,8-9,13-16H2,(H,27,31). The zero-order valence-corrected chi connectivity index (χ0v) is 19.3. The van der Waals surface area contributed by atoms with Crippen LogP contribution in [0.4, 0.5) is 0 Å². The number of benzene rings is 2. The Labute approximate surface area is 197 Å². The highest BCUT2D eigenvalue weighted by atomic mass is 35.5. The molecule has 1 atom stereocenters. The van der Waals surface area contributed by atoms with Crippen molar-refractivity contribution in [2.24, 2.45) is 5.92 Å². The van der Waals surface area contributed by atoms with Crippen LogP contribution in [0.2, 0.25) is 10.0 Å². The number of halogens is 2. The van der Waals surface area contributed by atoms with Crippen LogP contribution in [0.3, 0.4) is 0 Å². The van der Waals surface area contributed by atoms with E-state index in [-0.39, 0.29) is 11.8 Å². The molecular formula is C24H26Cl2N4O2. The molecule has 3 aromatic rings. The second kappa shape index (κ2) is 10.9. The third-order valence-electron chi connectivity index (χ3n) is 5.70. The fraction of sp³-hybridized carbons (Fsp3) is 0.375. The third kappa shape index (κ3) is 5.88. The van der Waals surface area contributed by atoms with Gasteiger partial charge in [0.15, 0.2) is 0 Å². The van der Waals surface area contributed by atoms with Gasteiger partial charge < -0.3 is 9.84 Å². The smallest absolute Gasteiger partial charge is 0.241 e. The number of hydrogen-bond acceptors (Lipinski definition) is 5. The van der Waals surface area contributed by atoms with Crippen LogP contribution < -0.4 is 5.32 Å². The number of likely N-dealkylation sites (tertiary alicyclic amines) is 1. The molecule has 0 radical (unpaired) electrons. The van der Waals surface area contributed by atoms with E-state index in [1.165, 1.54) is 0 Å². The molecule has 2 heterocycles. The molecule has 1 aliphatic heterocycles.